The van der Waals surface area contributed by atoms with Gasteiger partial charge in [-0.25, -0.2) is 0 Å². The second-order valence-corrected chi connectivity index (χ2v) is 4.33. The first-order chi connectivity index (χ1) is 9.15. The SMILES string of the molecule is N[C@H](Cc1ccc(O)cc1)C(=O)NCc1ccoc1. The zero-order chi connectivity index (χ0) is 13.7. The molecule has 4 N–H and O–H groups in total. The summed E-state index contributed by atoms with van der Waals surface area (Å²) in [5, 5.41) is 11.9. The molecule has 0 fully saturated rings. The Balaban J connectivity index is 1.83. The van der Waals surface area contributed by atoms with E-state index in [4.69, 9.17) is 10.2 Å². The fourth-order valence-corrected chi connectivity index (χ4v) is 1.69. The van der Waals surface area contributed by atoms with Gasteiger partial charge in [0.2, 0.25) is 5.91 Å². The van der Waals surface area contributed by atoms with Crippen molar-refractivity contribution in [3.8, 4) is 5.75 Å². The second-order valence-electron chi connectivity index (χ2n) is 4.33. The van der Waals surface area contributed by atoms with Crippen LogP contribution in [0.2, 0.25) is 0 Å². The fourth-order valence-electron chi connectivity index (χ4n) is 1.69. The molecule has 0 aliphatic heterocycles. The maximum absolute atomic E-state index is 11.8. The molecular formula is C14H16N2O3. The number of carbonyl (C=O) groups excluding carboxylic acids is 1. The van der Waals surface area contributed by atoms with E-state index in [1.54, 1.807) is 42.9 Å². The lowest BCUT2D eigenvalue weighted by atomic mass is 10.1. The smallest absolute Gasteiger partial charge is 0.237 e. The first-order valence-corrected chi connectivity index (χ1v) is 5.97. The lowest BCUT2D eigenvalue weighted by Gasteiger charge is -2.11. The lowest BCUT2D eigenvalue weighted by molar-refractivity contribution is -0.122. The van der Waals surface area contributed by atoms with Crippen LogP contribution in [0.15, 0.2) is 47.3 Å². The lowest BCUT2D eigenvalue weighted by Crippen LogP contribution is -2.41. The highest BCUT2D eigenvalue weighted by molar-refractivity contribution is 5.81. The molecular weight excluding hydrogens is 244 g/mol. The van der Waals surface area contributed by atoms with E-state index < -0.39 is 6.04 Å². The molecule has 0 aliphatic carbocycles. The number of nitrogens with two attached hydrogens (primary N) is 1. The van der Waals surface area contributed by atoms with Gasteiger partial charge in [0.05, 0.1) is 18.6 Å². The Hall–Kier alpha value is -2.27. The Bertz CT molecular complexity index is 520. The van der Waals surface area contributed by atoms with Crippen molar-refractivity contribution in [2.24, 2.45) is 5.73 Å². The quantitative estimate of drug-likeness (QED) is 0.753. The minimum absolute atomic E-state index is 0.196. The van der Waals surface area contributed by atoms with E-state index in [9.17, 15) is 9.90 Å². The molecule has 0 aliphatic rings. The van der Waals surface area contributed by atoms with Crippen molar-refractivity contribution in [2.75, 3.05) is 0 Å². The molecule has 0 spiro atoms. The molecule has 0 saturated heterocycles. The third-order valence-electron chi connectivity index (χ3n) is 2.78. The highest BCUT2D eigenvalue weighted by atomic mass is 16.3. The third kappa shape index (κ3) is 3.86. The Labute approximate surface area is 111 Å². The summed E-state index contributed by atoms with van der Waals surface area (Å²) in [6, 6.07) is 7.82. The van der Waals surface area contributed by atoms with E-state index in [0.717, 1.165) is 11.1 Å². The van der Waals surface area contributed by atoms with E-state index in [1.165, 1.54) is 0 Å². The van der Waals surface area contributed by atoms with E-state index in [2.05, 4.69) is 5.32 Å². The molecule has 0 bridgehead atoms. The first kappa shape index (κ1) is 13.2. The maximum atomic E-state index is 11.8. The zero-order valence-corrected chi connectivity index (χ0v) is 10.4. The van der Waals surface area contributed by atoms with Crippen molar-refractivity contribution in [1.29, 1.82) is 0 Å². The van der Waals surface area contributed by atoms with Crippen LogP contribution in [-0.2, 0) is 17.8 Å². The third-order valence-corrected chi connectivity index (χ3v) is 2.78. The largest absolute Gasteiger partial charge is 0.508 e. The number of carbonyl (C=O) groups is 1. The van der Waals surface area contributed by atoms with E-state index >= 15 is 0 Å². The van der Waals surface area contributed by atoms with Crippen LogP contribution in [0.25, 0.3) is 0 Å². The molecule has 1 atom stereocenters. The summed E-state index contributed by atoms with van der Waals surface area (Å²) in [6.07, 6.45) is 3.56. The van der Waals surface area contributed by atoms with Crippen molar-refractivity contribution >= 4 is 5.91 Å². The van der Waals surface area contributed by atoms with Crippen LogP contribution in [0, 0.1) is 0 Å². The van der Waals surface area contributed by atoms with Gasteiger partial charge < -0.3 is 20.6 Å². The molecule has 0 radical (unpaired) electrons. The molecule has 0 unspecified atom stereocenters. The van der Waals surface area contributed by atoms with Crippen LogP contribution in [-0.4, -0.2) is 17.1 Å². The number of rotatable bonds is 5. The molecule has 2 aromatic rings. The molecule has 1 aromatic carbocycles. The number of hydrogen-bond acceptors (Lipinski definition) is 4. The molecule has 5 nitrogen and oxygen atoms in total. The normalized spacial score (nSPS) is 12.1. The Morgan fingerprint density at radius 3 is 2.63 bits per heavy atom. The molecule has 100 valence electrons. The van der Waals surface area contributed by atoms with E-state index in [1.807, 2.05) is 0 Å². The van der Waals surface area contributed by atoms with Crippen LogP contribution in [0.4, 0.5) is 0 Å². The average Bonchev–Trinajstić information content (AvgIpc) is 2.91. The minimum atomic E-state index is -0.614. The summed E-state index contributed by atoms with van der Waals surface area (Å²) in [5.74, 6) is -0.0176. The number of hydrogen-bond donors (Lipinski definition) is 3. The number of phenolic OH excluding ortho intramolecular Hbond substituents is 1. The average molecular weight is 260 g/mol. The van der Waals surface area contributed by atoms with Gasteiger partial charge in [0.1, 0.15) is 5.75 Å². The minimum Gasteiger partial charge on any atom is -0.508 e. The van der Waals surface area contributed by atoms with Crippen molar-refractivity contribution < 1.29 is 14.3 Å². The molecule has 1 heterocycles. The summed E-state index contributed by atoms with van der Waals surface area (Å²) < 4.78 is 4.91. The van der Waals surface area contributed by atoms with Crippen molar-refractivity contribution in [2.45, 2.75) is 19.0 Å². The summed E-state index contributed by atoms with van der Waals surface area (Å²) >= 11 is 0. The Kier molecular flexibility index (Phi) is 4.20. The van der Waals surface area contributed by atoms with Gasteiger partial charge >= 0.3 is 0 Å². The van der Waals surface area contributed by atoms with Crippen molar-refractivity contribution in [3.05, 3.63) is 54.0 Å². The van der Waals surface area contributed by atoms with Crippen molar-refractivity contribution in [1.82, 2.24) is 5.32 Å². The first-order valence-electron chi connectivity index (χ1n) is 5.97. The van der Waals surface area contributed by atoms with Crippen LogP contribution in [0.5, 0.6) is 5.75 Å². The van der Waals surface area contributed by atoms with Crippen LogP contribution in [0.1, 0.15) is 11.1 Å². The zero-order valence-electron chi connectivity index (χ0n) is 10.4. The van der Waals surface area contributed by atoms with Crippen molar-refractivity contribution in [3.63, 3.8) is 0 Å². The van der Waals surface area contributed by atoms with Gasteiger partial charge in [-0.2, -0.15) is 0 Å². The van der Waals surface area contributed by atoms with Crippen LogP contribution >= 0.6 is 0 Å². The topological polar surface area (TPSA) is 88.5 Å². The predicted octanol–water partition coefficient (Wildman–Crippen LogP) is 1.17. The molecule has 19 heavy (non-hydrogen) atoms. The van der Waals surface area contributed by atoms with Gasteiger partial charge in [0.25, 0.3) is 0 Å². The molecule has 2 rings (SSSR count). The van der Waals surface area contributed by atoms with Crippen LogP contribution in [0.3, 0.4) is 0 Å². The molecule has 0 saturated carbocycles. The van der Waals surface area contributed by atoms with E-state index in [-0.39, 0.29) is 11.7 Å². The number of nitrogens with one attached hydrogen (secondary N) is 1. The number of furan rings is 1. The standard InChI is InChI=1S/C14H16N2O3/c15-13(7-10-1-3-12(17)4-2-10)14(18)16-8-11-5-6-19-9-11/h1-6,9,13,17H,7-8,15H2,(H,16,18)/t13-/m1/s1. The summed E-state index contributed by atoms with van der Waals surface area (Å²) in [4.78, 5) is 11.8. The second kappa shape index (κ2) is 6.06. The number of aromatic hydroxyl groups is 1. The molecule has 1 aromatic heterocycles. The summed E-state index contributed by atoms with van der Waals surface area (Å²) in [6.45, 7) is 0.401. The van der Waals surface area contributed by atoms with Gasteiger partial charge in [0.15, 0.2) is 0 Å². The fraction of sp³-hybridized carbons (Fsp3) is 0.214. The van der Waals surface area contributed by atoms with E-state index in [0.29, 0.717) is 13.0 Å². The van der Waals surface area contributed by atoms with Crippen LogP contribution < -0.4 is 11.1 Å². The Morgan fingerprint density at radius 2 is 2.00 bits per heavy atom. The Morgan fingerprint density at radius 1 is 1.26 bits per heavy atom. The monoisotopic (exact) mass is 260 g/mol. The van der Waals surface area contributed by atoms with Gasteiger partial charge in [0, 0.05) is 12.1 Å². The van der Waals surface area contributed by atoms with Gasteiger partial charge in [-0.05, 0) is 30.2 Å². The maximum Gasteiger partial charge on any atom is 0.237 e. The highest BCUT2D eigenvalue weighted by Gasteiger charge is 2.13. The molecule has 1 amide bonds. The predicted molar refractivity (Wildman–Crippen MR) is 70.3 cm³/mol. The van der Waals surface area contributed by atoms with Gasteiger partial charge in [-0.1, -0.05) is 12.1 Å². The summed E-state index contributed by atoms with van der Waals surface area (Å²) in [7, 11) is 0. The number of phenols is 1. The summed E-state index contributed by atoms with van der Waals surface area (Å²) in [5.41, 5.74) is 7.63. The van der Waals surface area contributed by atoms with Gasteiger partial charge in [-0.3, -0.25) is 4.79 Å². The highest BCUT2D eigenvalue weighted by Crippen LogP contribution is 2.11. The number of amides is 1. The molecule has 5 heteroatoms. The number of benzene rings is 1. The van der Waals surface area contributed by atoms with Gasteiger partial charge in [-0.15, -0.1) is 0 Å².